The van der Waals surface area contributed by atoms with Crippen LogP contribution in [0.1, 0.15) is 64.9 Å². The molecule has 0 unspecified atom stereocenters. The Balaban J connectivity index is 1.46. The number of pyridine rings is 1. The van der Waals surface area contributed by atoms with Crippen LogP contribution in [-0.4, -0.2) is 14.5 Å². The van der Waals surface area contributed by atoms with Gasteiger partial charge in [-0.1, -0.05) is 42.5 Å². The lowest BCUT2D eigenvalue weighted by atomic mass is 9.90. The van der Waals surface area contributed by atoms with Crippen LogP contribution in [0, 0.1) is 18.3 Å². The van der Waals surface area contributed by atoms with Crippen LogP contribution in [0.4, 0.5) is 0 Å². The number of rotatable bonds is 3. The molecule has 2 aliphatic carbocycles. The van der Waals surface area contributed by atoms with Gasteiger partial charge in [0.05, 0.1) is 12.6 Å². The maximum absolute atomic E-state index is 9.74. The molecule has 2 heterocycles. The molecule has 2 aromatic heterocycles. The van der Waals surface area contributed by atoms with E-state index < -0.39 is 0 Å². The Hall–Kier alpha value is -3.71. The fourth-order valence-corrected chi connectivity index (χ4v) is 5.20. The molecule has 33 heavy (non-hydrogen) atoms. The summed E-state index contributed by atoms with van der Waals surface area (Å²) in [5.74, 6) is 1.73. The number of hydrogen-bond acceptors (Lipinski definition) is 3. The Morgan fingerprint density at radius 3 is 2.67 bits per heavy atom. The summed E-state index contributed by atoms with van der Waals surface area (Å²) in [6.45, 7) is 4.82. The molecule has 162 valence electrons. The van der Waals surface area contributed by atoms with Crippen LogP contribution in [0.15, 0.2) is 60.3 Å². The molecular weight excluding hydrogens is 404 g/mol. The van der Waals surface area contributed by atoms with Gasteiger partial charge in [0.2, 0.25) is 0 Å². The first kappa shape index (κ1) is 19.9. The van der Waals surface area contributed by atoms with Crippen LogP contribution < -0.4 is 0 Å². The summed E-state index contributed by atoms with van der Waals surface area (Å²) in [5, 5.41) is 9.74. The molecule has 0 amide bonds. The number of imidazole rings is 1. The molecule has 0 N–H and O–H groups in total. The number of benzene rings is 2. The van der Waals surface area contributed by atoms with Gasteiger partial charge in [-0.25, -0.2) is 9.97 Å². The Morgan fingerprint density at radius 1 is 1.06 bits per heavy atom. The highest BCUT2D eigenvalue weighted by molar-refractivity contribution is 5.87. The number of hydrogen-bond donors (Lipinski definition) is 0. The van der Waals surface area contributed by atoms with Gasteiger partial charge < -0.3 is 4.57 Å². The molecule has 0 spiro atoms. The van der Waals surface area contributed by atoms with E-state index in [1.165, 1.54) is 52.0 Å². The minimum absolute atomic E-state index is 0.557. The third kappa shape index (κ3) is 3.36. The van der Waals surface area contributed by atoms with E-state index in [-0.39, 0.29) is 0 Å². The van der Waals surface area contributed by atoms with Crippen LogP contribution in [0.3, 0.4) is 0 Å². The van der Waals surface area contributed by atoms with Crippen molar-refractivity contribution in [2.45, 2.75) is 52.0 Å². The molecular formula is C29H26N4. The third-order valence-electron chi connectivity index (χ3n) is 7.08. The average Bonchev–Trinajstić information content (AvgIpc) is 3.63. The topological polar surface area (TPSA) is 54.5 Å². The van der Waals surface area contributed by atoms with Crippen molar-refractivity contribution in [1.82, 2.24) is 14.5 Å². The summed E-state index contributed by atoms with van der Waals surface area (Å²) in [6, 6.07) is 19.7. The van der Waals surface area contributed by atoms with Gasteiger partial charge in [0, 0.05) is 23.3 Å². The largest absolute Gasteiger partial charge is 0.308 e. The minimum atomic E-state index is 0.557. The van der Waals surface area contributed by atoms with Gasteiger partial charge in [0.15, 0.2) is 5.65 Å². The van der Waals surface area contributed by atoms with Gasteiger partial charge in [0.1, 0.15) is 11.3 Å². The molecule has 1 saturated carbocycles. The molecule has 1 fully saturated rings. The zero-order chi connectivity index (χ0) is 22.5. The van der Waals surface area contributed by atoms with Gasteiger partial charge in [-0.3, -0.25) is 0 Å². The lowest BCUT2D eigenvalue weighted by Gasteiger charge is -2.15. The minimum Gasteiger partial charge on any atom is -0.308 e. The van der Waals surface area contributed by atoms with Crippen molar-refractivity contribution >= 4 is 16.7 Å². The third-order valence-corrected chi connectivity index (χ3v) is 7.08. The molecule has 0 radical (unpaired) electrons. The van der Waals surface area contributed by atoms with Crippen LogP contribution in [0.5, 0.6) is 0 Å². The van der Waals surface area contributed by atoms with E-state index in [1.54, 1.807) is 0 Å². The second kappa shape index (κ2) is 7.71. The number of nitriles is 1. The van der Waals surface area contributed by atoms with Crippen molar-refractivity contribution in [3.8, 4) is 6.07 Å². The van der Waals surface area contributed by atoms with Gasteiger partial charge in [-0.2, -0.15) is 5.26 Å². The molecule has 0 aliphatic heterocycles. The number of aryl methyl sites for hydroxylation is 3. The predicted octanol–water partition coefficient (Wildman–Crippen LogP) is 6.11. The quantitative estimate of drug-likeness (QED) is 0.369. The maximum atomic E-state index is 9.74. The summed E-state index contributed by atoms with van der Waals surface area (Å²) in [7, 11) is 0. The molecule has 0 bridgehead atoms. The fraction of sp³-hybridized carbons (Fsp3) is 0.276. The van der Waals surface area contributed by atoms with Gasteiger partial charge >= 0.3 is 0 Å². The Bertz CT molecular complexity index is 1480. The lowest BCUT2D eigenvalue weighted by molar-refractivity contribution is 0.739. The Labute approximate surface area is 194 Å². The summed E-state index contributed by atoms with van der Waals surface area (Å²) in [6.07, 6.45) is 6.28. The Kier molecular flexibility index (Phi) is 4.66. The zero-order valence-corrected chi connectivity index (χ0v) is 19.1. The van der Waals surface area contributed by atoms with Crippen molar-refractivity contribution in [3.05, 3.63) is 99.5 Å². The summed E-state index contributed by atoms with van der Waals surface area (Å²) in [5.41, 5.74) is 11.3. The monoisotopic (exact) mass is 430 g/mol. The van der Waals surface area contributed by atoms with E-state index in [0.29, 0.717) is 5.92 Å². The normalized spacial score (nSPS) is 16.6. The number of allylic oxidation sites excluding steroid dienone is 1. The van der Waals surface area contributed by atoms with Crippen molar-refractivity contribution in [3.63, 3.8) is 0 Å². The van der Waals surface area contributed by atoms with E-state index >= 15 is 0 Å². The predicted molar refractivity (Wildman–Crippen MR) is 131 cm³/mol. The molecule has 2 aromatic carbocycles. The summed E-state index contributed by atoms with van der Waals surface area (Å²) >= 11 is 0. The fourth-order valence-electron chi connectivity index (χ4n) is 5.20. The van der Waals surface area contributed by atoms with Crippen molar-refractivity contribution in [1.29, 1.82) is 5.26 Å². The van der Waals surface area contributed by atoms with Gasteiger partial charge in [-0.05, 0) is 79.0 Å². The highest BCUT2D eigenvalue weighted by Crippen LogP contribution is 2.41. The number of fused-ring (bicyclic) bond motifs is 3. The second-order valence-corrected chi connectivity index (χ2v) is 9.39. The zero-order valence-electron chi connectivity index (χ0n) is 19.1. The molecule has 0 atom stereocenters. The van der Waals surface area contributed by atoms with Crippen LogP contribution in [0.2, 0.25) is 0 Å². The Morgan fingerprint density at radius 2 is 1.85 bits per heavy atom. The van der Waals surface area contributed by atoms with E-state index in [9.17, 15) is 5.26 Å². The SMILES string of the molecule is CC(C#N)=C1c2ccccc2CCc2cc(Cn3c(C4CC4)nc4c(C)ccnc43)ccc21. The number of aromatic nitrogens is 3. The molecule has 2 aliphatic rings. The molecule has 6 rings (SSSR count). The first-order valence-corrected chi connectivity index (χ1v) is 11.8. The van der Waals surface area contributed by atoms with Crippen LogP contribution >= 0.6 is 0 Å². The van der Waals surface area contributed by atoms with Gasteiger partial charge in [-0.15, -0.1) is 0 Å². The van der Waals surface area contributed by atoms with E-state index in [1.807, 2.05) is 19.2 Å². The molecule has 4 nitrogen and oxygen atoms in total. The smallest absolute Gasteiger partial charge is 0.160 e. The molecule has 0 saturated heterocycles. The van der Waals surface area contributed by atoms with E-state index in [2.05, 4.69) is 60.0 Å². The van der Waals surface area contributed by atoms with Crippen molar-refractivity contribution in [2.24, 2.45) is 0 Å². The van der Waals surface area contributed by atoms with Crippen LogP contribution in [-0.2, 0) is 19.4 Å². The second-order valence-electron chi connectivity index (χ2n) is 9.39. The highest BCUT2D eigenvalue weighted by Gasteiger charge is 2.30. The first-order valence-electron chi connectivity index (χ1n) is 11.8. The van der Waals surface area contributed by atoms with Gasteiger partial charge in [0.25, 0.3) is 0 Å². The van der Waals surface area contributed by atoms with E-state index in [4.69, 9.17) is 9.97 Å². The first-order chi connectivity index (χ1) is 16.1. The lowest BCUT2D eigenvalue weighted by Crippen LogP contribution is -2.06. The van der Waals surface area contributed by atoms with Crippen molar-refractivity contribution in [2.75, 3.05) is 0 Å². The van der Waals surface area contributed by atoms with E-state index in [0.717, 1.165) is 41.7 Å². The summed E-state index contributed by atoms with van der Waals surface area (Å²) < 4.78 is 2.32. The highest BCUT2D eigenvalue weighted by atomic mass is 15.1. The maximum Gasteiger partial charge on any atom is 0.160 e. The van der Waals surface area contributed by atoms with Crippen LogP contribution in [0.25, 0.3) is 16.7 Å². The summed E-state index contributed by atoms with van der Waals surface area (Å²) in [4.78, 5) is 9.71. The van der Waals surface area contributed by atoms with Crippen molar-refractivity contribution < 1.29 is 0 Å². The molecule has 4 aromatic rings. The standard InChI is InChI=1S/C29H26N4/c1-18-13-14-31-29-27(18)32-28(22-9-10-22)33(29)17-20-7-12-25-23(15-20)11-8-21-5-3-4-6-24(21)26(25)19(2)16-30/h3-7,12-15,22H,8-11,17H2,1-2H3. The average molecular weight is 431 g/mol. The molecule has 4 heteroatoms. The number of nitrogens with zero attached hydrogens (tertiary/aromatic N) is 4.